The van der Waals surface area contributed by atoms with Crippen LogP contribution in [0.1, 0.15) is 45.4 Å². The Kier molecular flexibility index (Phi) is 9.08. The molecule has 20 heavy (non-hydrogen) atoms. The van der Waals surface area contributed by atoms with Crippen LogP contribution in [0.5, 0.6) is 0 Å². The van der Waals surface area contributed by atoms with Crippen molar-refractivity contribution in [3.63, 3.8) is 0 Å². The van der Waals surface area contributed by atoms with E-state index in [0.717, 1.165) is 12.8 Å². The molecule has 5 nitrogen and oxygen atoms in total. The van der Waals surface area contributed by atoms with Gasteiger partial charge < -0.3 is 25.2 Å². The van der Waals surface area contributed by atoms with Crippen LogP contribution in [0.15, 0.2) is 0 Å². The third kappa shape index (κ3) is 5.50. The first kappa shape index (κ1) is 18.2. The number of thioether (sulfide) groups is 1. The summed E-state index contributed by atoms with van der Waals surface area (Å²) in [6, 6.07) is 0. The lowest BCUT2D eigenvalue weighted by Crippen LogP contribution is -2.54. The topological polar surface area (TPSA) is 90.2 Å². The zero-order valence-electron chi connectivity index (χ0n) is 12.1. The molecule has 0 spiro atoms. The molecule has 0 aromatic heterocycles. The van der Waals surface area contributed by atoms with Gasteiger partial charge in [-0.05, 0) is 6.42 Å². The number of hydrogen-bond acceptors (Lipinski definition) is 6. The molecule has 0 unspecified atom stereocenters. The van der Waals surface area contributed by atoms with Crippen molar-refractivity contribution in [3.05, 3.63) is 0 Å². The smallest absolute Gasteiger partial charge is 0.132 e. The summed E-state index contributed by atoms with van der Waals surface area (Å²) in [7, 11) is 0. The SMILES string of the molecule is CCCCCCCCO[C@@H]1S[C@H](CO)[C@@H](O)[C@H](O)[C@H]1O. The predicted octanol–water partition coefficient (Wildman–Crippen LogP) is 0.880. The second-order valence-corrected chi connectivity index (χ2v) is 6.68. The quantitative estimate of drug-likeness (QED) is 0.473. The molecule has 0 radical (unpaired) electrons. The summed E-state index contributed by atoms with van der Waals surface area (Å²) >= 11 is 1.19. The zero-order valence-corrected chi connectivity index (χ0v) is 13.0. The van der Waals surface area contributed by atoms with Gasteiger partial charge in [-0.15, -0.1) is 11.8 Å². The van der Waals surface area contributed by atoms with Crippen LogP contribution in [0.2, 0.25) is 0 Å². The average Bonchev–Trinajstić information content (AvgIpc) is 2.46. The lowest BCUT2D eigenvalue weighted by Gasteiger charge is -2.39. The fraction of sp³-hybridized carbons (Fsp3) is 1.00. The van der Waals surface area contributed by atoms with E-state index in [1.165, 1.54) is 37.4 Å². The summed E-state index contributed by atoms with van der Waals surface area (Å²) < 4.78 is 5.58. The van der Waals surface area contributed by atoms with Gasteiger partial charge in [0.05, 0.1) is 18.0 Å². The molecule has 1 fully saturated rings. The molecule has 1 aliphatic heterocycles. The summed E-state index contributed by atoms with van der Waals surface area (Å²) in [4.78, 5) is 0. The van der Waals surface area contributed by atoms with E-state index in [9.17, 15) is 15.3 Å². The summed E-state index contributed by atoms with van der Waals surface area (Å²) in [6.07, 6.45) is 3.46. The Morgan fingerprint density at radius 2 is 1.55 bits per heavy atom. The zero-order chi connectivity index (χ0) is 15.0. The van der Waals surface area contributed by atoms with Gasteiger partial charge in [-0.3, -0.25) is 0 Å². The summed E-state index contributed by atoms with van der Waals surface area (Å²) in [5.74, 6) is 0. The van der Waals surface area contributed by atoms with Gasteiger partial charge in [0.15, 0.2) is 0 Å². The van der Waals surface area contributed by atoms with E-state index in [1.807, 2.05) is 0 Å². The van der Waals surface area contributed by atoms with Gasteiger partial charge in [-0.2, -0.15) is 0 Å². The van der Waals surface area contributed by atoms with Crippen molar-refractivity contribution in [2.45, 2.75) is 74.4 Å². The summed E-state index contributed by atoms with van der Waals surface area (Å²) in [5, 5.41) is 37.9. The average molecular weight is 308 g/mol. The Morgan fingerprint density at radius 1 is 0.900 bits per heavy atom. The number of unbranched alkanes of at least 4 members (excludes halogenated alkanes) is 5. The first-order valence-corrected chi connectivity index (χ1v) is 8.48. The van der Waals surface area contributed by atoms with Crippen LogP contribution in [0.3, 0.4) is 0 Å². The number of ether oxygens (including phenoxy) is 1. The van der Waals surface area contributed by atoms with Gasteiger partial charge in [0.1, 0.15) is 17.6 Å². The van der Waals surface area contributed by atoms with Crippen LogP contribution in [0.25, 0.3) is 0 Å². The first-order chi connectivity index (χ1) is 9.61. The lowest BCUT2D eigenvalue weighted by atomic mass is 10.0. The van der Waals surface area contributed by atoms with Crippen molar-refractivity contribution in [2.75, 3.05) is 13.2 Å². The molecule has 5 atom stereocenters. The molecule has 0 saturated carbocycles. The molecule has 6 heteroatoms. The highest BCUT2D eigenvalue weighted by Crippen LogP contribution is 2.33. The van der Waals surface area contributed by atoms with Crippen molar-refractivity contribution in [1.82, 2.24) is 0 Å². The number of rotatable bonds is 9. The maximum Gasteiger partial charge on any atom is 0.132 e. The normalized spacial score (nSPS) is 34.4. The highest BCUT2D eigenvalue weighted by Gasteiger charge is 2.43. The van der Waals surface area contributed by atoms with Crippen molar-refractivity contribution in [2.24, 2.45) is 0 Å². The Hall–Kier alpha value is 0.150. The minimum Gasteiger partial charge on any atom is -0.395 e. The summed E-state index contributed by atoms with van der Waals surface area (Å²) in [6.45, 7) is 2.47. The van der Waals surface area contributed by atoms with E-state index in [1.54, 1.807) is 0 Å². The molecule has 0 aromatic carbocycles. The fourth-order valence-electron chi connectivity index (χ4n) is 2.29. The second kappa shape index (κ2) is 9.97. The molecule has 1 saturated heterocycles. The van der Waals surface area contributed by atoms with Gasteiger partial charge in [0.25, 0.3) is 0 Å². The molecule has 120 valence electrons. The van der Waals surface area contributed by atoms with Crippen LogP contribution in [-0.2, 0) is 4.74 Å². The van der Waals surface area contributed by atoms with E-state index in [2.05, 4.69) is 6.92 Å². The third-order valence-electron chi connectivity index (χ3n) is 3.63. The monoisotopic (exact) mass is 308 g/mol. The molecule has 4 N–H and O–H groups in total. The van der Waals surface area contributed by atoms with Crippen molar-refractivity contribution >= 4 is 11.8 Å². The molecular weight excluding hydrogens is 280 g/mol. The molecule has 1 rings (SSSR count). The molecule has 0 amide bonds. The van der Waals surface area contributed by atoms with Crippen LogP contribution in [0, 0.1) is 0 Å². The van der Waals surface area contributed by atoms with E-state index in [4.69, 9.17) is 9.84 Å². The molecule has 1 heterocycles. The summed E-state index contributed by atoms with van der Waals surface area (Å²) in [5.41, 5.74) is -0.582. The van der Waals surface area contributed by atoms with E-state index in [0.29, 0.717) is 6.61 Å². The van der Waals surface area contributed by atoms with Crippen LogP contribution in [0.4, 0.5) is 0 Å². The van der Waals surface area contributed by atoms with Gasteiger partial charge in [0, 0.05) is 6.61 Å². The maximum absolute atomic E-state index is 9.86. The number of aliphatic hydroxyl groups is 4. The largest absolute Gasteiger partial charge is 0.395 e. The van der Waals surface area contributed by atoms with Crippen LogP contribution >= 0.6 is 11.8 Å². The van der Waals surface area contributed by atoms with Crippen molar-refractivity contribution in [1.29, 1.82) is 0 Å². The fourth-order valence-corrected chi connectivity index (χ4v) is 3.54. The van der Waals surface area contributed by atoms with Gasteiger partial charge >= 0.3 is 0 Å². The minimum atomic E-state index is -1.26. The van der Waals surface area contributed by atoms with E-state index < -0.39 is 29.0 Å². The Morgan fingerprint density at radius 3 is 2.20 bits per heavy atom. The Bertz CT molecular complexity index is 252. The highest BCUT2D eigenvalue weighted by atomic mass is 32.2. The predicted molar refractivity (Wildman–Crippen MR) is 79.6 cm³/mol. The van der Waals surface area contributed by atoms with Crippen LogP contribution in [-0.4, -0.2) is 62.6 Å². The lowest BCUT2D eigenvalue weighted by molar-refractivity contribution is -0.109. The van der Waals surface area contributed by atoms with Crippen LogP contribution < -0.4 is 0 Å². The molecule has 0 aliphatic carbocycles. The molecule has 0 aromatic rings. The van der Waals surface area contributed by atoms with Crippen molar-refractivity contribution < 1.29 is 25.2 Å². The van der Waals surface area contributed by atoms with Gasteiger partial charge in [0.2, 0.25) is 0 Å². The first-order valence-electron chi connectivity index (χ1n) is 7.54. The Labute approximate surface area is 125 Å². The van der Waals surface area contributed by atoms with E-state index in [-0.39, 0.29) is 6.61 Å². The molecule has 1 aliphatic rings. The molecular formula is C14H28O5S. The standard InChI is InChI=1S/C14H28O5S/c1-2-3-4-5-6-7-8-19-14-13(18)12(17)11(16)10(9-15)20-14/h10-18H,2-9H2,1H3/t10-,11-,12+,13-,14-/m1/s1. The van der Waals surface area contributed by atoms with E-state index >= 15 is 0 Å². The minimum absolute atomic E-state index is 0.244. The maximum atomic E-state index is 9.86. The Balaban J connectivity index is 2.21. The molecule has 0 bridgehead atoms. The highest BCUT2D eigenvalue weighted by molar-refractivity contribution is 8.00. The van der Waals surface area contributed by atoms with Crippen molar-refractivity contribution in [3.8, 4) is 0 Å². The number of aliphatic hydroxyl groups excluding tert-OH is 4. The van der Waals surface area contributed by atoms with Gasteiger partial charge in [-0.1, -0.05) is 39.0 Å². The van der Waals surface area contributed by atoms with Gasteiger partial charge in [-0.25, -0.2) is 0 Å². The second-order valence-electron chi connectivity index (χ2n) is 5.34. The number of hydrogen-bond donors (Lipinski definition) is 4. The third-order valence-corrected chi connectivity index (χ3v) is 5.09.